The third-order valence-corrected chi connectivity index (χ3v) is 0.866. The van der Waals surface area contributed by atoms with Crippen molar-refractivity contribution in [2.24, 2.45) is 0 Å². The molecule has 0 fully saturated rings. The van der Waals surface area contributed by atoms with E-state index < -0.39 is 0 Å². The van der Waals surface area contributed by atoms with Gasteiger partial charge in [-0.1, -0.05) is 0 Å². The summed E-state index contributed by atoms with van der Waals surface area (Å²) in [5, 5.41) is 1.24. The van der Waals surface area contributed by atoms with Crippen molar-refractivity contribution >= 4 is 16.3 Å². The maximum atomic E-state index is 2.66. The summed E-state index contributed by atoms with van der Waals surface area (Å²) in [7, 11) is 0. The first-order valence-electron chi connectivity index (χ1n) is 1.62. The minimum atomic E-state index is 0. The number of hydrogen-bond acceptors (Lipinski definition) is 0. The second-order valence-electron chi connectivity index (χ2n) is 0.789. The quantitative estimate of drug-likeness (QED) is 0.396. The Kier molecular flexibility index (Phi) is 41.9. The SMILES string of the molecule is CC[CH2][Al+2].[Br-].[Br-]. The predicted octanol–water partition coefficient (Wildman–Crippen LogP) is -5.01. The van der Waals surface area contributed by atoms with Crippen LogP contribution in [0.15, 0.2) is 0 Å². The molecule has 36 valence electrons. The van der Waals surface area contributed by atoms with Crippen molar-refractivity contribution in [1.29, 1.82) is 0 Å². The van der Waals surface area contributed by atoms with Gasteiger partial charge in [0.1, 0.15) is 0 Å². The van der Waals surface area contributed by atoms with E-state index in [4.69, 9.17) is 0 Å². The minimum Gasteiger partial charge on any atom is -1.00 e. The number of halogens is 2. The van der Waals surface area contributed by atoms with Crippen LogP contribution >= 0.6 is 0 Å². The molecule has 0 aliphatic carbocycles. The van der Waals surface area contributed by atoms with Crippen LogP contribution in [0.1, 0.15) is 13.3 Å². The second kappa shape index (κ2) is 16.1. The molecular formula is C3H7AlBr2. The topological polar surface area (TPSA) is 0 Å². The Morgan fingerprint density at radius 2 is 1.50 bits per heavy atom. The van der Waals surface area contributed by atoms with Gasteiger partial charge in [-0.2, -0.15) is 0 Å². The van der Waals surface area contributed by atoms with Crippen molar-refractivity contribution < 1.29 is 34.0 Å². The van der Waals surface area contributed by atoms with Gasteiger partial charge in [0, 0.05) is 0 Å². The van der Waals surface area contributed by atoms with Gasteiger partial charge >= 0.3 is 34.9 Å². The van der Waals surface area contributed by atoms with Crippen molar-refractivity contribution in [3.8, 4) is 0 Å². The zero-order valence-corrected chi connectivity index (χ0v) is 8.07. The summed E-state index contributed by atoms with van der Waals surface area (Å²) in [6.45, 7) is 2.16. The van der Waals surface area contributed by atoms with E-state index in [0.29, 0.717) is 0 Å². The van der Waals surface area contributed by atoms with Crippen LogP contribution in [-0.4, -0.2) is 16.3 Å². The maximum Gasteiger partial charge on any atom is -1.00 e. The van der Waals surface area contributed by atoms with E-state index >= 15 is 0 Å². The summed E-state index contributed by atoms with van der Waals surface area (Å²) in [6, 6.07) is 0. The molecule has 0 heterocycles. The number of hydrogen-bond donors (Lipinski definition) is 0. The molecule has 0 unspecified atom stereocenters. The van der Waals surface area contributed by atoms with E-state index in [1.165, 1.54) is 11.7 Å². The molecule has 0 spiro atoms. The van der Waals surface area contributed by atoms with Gasteiger partial charge in [-0.3, -0.25) is 0 Å². The fourth-order valence-electron chi connectivity index (χ4n) is 0. The van der Waals surface area contributed by atoms with Crippen LogP contribution in [0.2, 0.25) is 5.28 Å². The fraction of sp³-hybridized carbons (Fsp3) is 1.00. The molecule has 6 heavy (non-hydrogen) atoms. The van der Waals surface area contributed by atoms with Gasteiger partial charge in [-0.15, -0.1) is 0 Å². The van der Waals surface area contributed by atoms with Gasteiger partial charge < -0.3 is 34.0 Å². The standard InChI is InChI=1S/C3H7.Al.2BrH/c1-3-2;;;/h1,3H2,2H3;;2*1H/q;+2;;/p-2. The molecular weight excluding hydrogens is 223 g/mol. The summed E-state index contributed by atoms with van der Waals surface area (Å²) in [5.74, 6) is 0. The van der Waals surface area contributed by atoms with Gasteiger partial charge in [0.2, 0.25) is 0 Å². The molecule has 0 saturated carbocycles. The first kappa shape index (κ1) is 15.6. The largest absolute Gasteiger partial charge is 1.00 e. The van der Waals surface area contributed by atoms with Crippen LogP contribution in [0, 0.1) is 0 Å². The van der Waals surface area contributed by atoms with Crippen LogP contribution in [0.3, 0.4) is 0 Å². The Balaban J connectivity index is -0.0000000450. The smallest absolute Gasteiger partial charge is 1.00 e. The molecule has 0 atom stereocenters. The zero-order chi connectivity index (χ0) is 3.41. The van der Waals surface area contributed by atoms with Crippen LogP contribution in [0.5, 0.6) is 0 Å². The third-order valence-electron chi connectivity index (χ3n) is 0.289. The molecule has 0 aromatic carbocycles. The van der Waals surface area contributed by atoms with E-state index in [0.717, 1.165) is 0 Å². The van der Waals surface area contributed by atoms with Crippen LogP contribution in [0.4, 0.5) is 0 Å². The molecule has 0 amide bonds. The van der Waals surface area contributed by atoms with E-state index in [2.05, 4.69) is 23.2 Å². The molecule has 0 aromatic rings. The normalized spacial score (nSPS) is 5.17. The summed E-state index contributed by atoms with van der Waals surface area (Å²) in [5.41, 5.74) is 0. The van der Waals surface area contributed by atoms with E-state index in [1.807, 2.05) is 0 Å². The van der Waals surface area contributed by atoms with Crippen molar-refractivity contribution in [3.05, 3.63) is 0 Å². The van der Waals surface area contributed by atoms with Gasteiger partial charge in [-0.05, 0) is 0 Å². The molecule has 3 heteroatoms. The fourth-order valence-corrected chi connectivity index (χ4v) is 0. The van der Waals surface area contributed by atoms with Gasteiger partial charge in [0.15, 0.2) is 0 Å². The molecule has 0 aliphatic rings. The van der Waals surface area contributed by atoms with E-state index in [9.17, 15) is 0 Å². The minimum absolute atomic E-state index is 0. The Morgan fingerprint density at radius 1 is 1.33 bits per heavy atom. The number of rotatable bonds is 1. The van der Waals surface area contributed by atoms with E-state index in [-0.39, 0.29) is 34.0 Å². The summed E-state index contributed by atoms with van der Waals surface area (Å²) in [6.07, 6.45) is 1.28. The molecule has 0 saturated heterocycles. The second-order valence-corrected chi connectivity index (χ2v) is 1.37. The van der Waals surface area contributed by atoms with Crippen molar-refractivity contribution in [1.82, 2.24) is 0 Å². The van der Waals surface area contributed by atoms with E-state index in [1.54, 1.807) is 0 Å². The van der Waals surface area contributed by atoms with Crippen molar-refractivity contribution in [2.45, 2.75) is 18.6 Å². The average Bonchev–Trinajstić information content (AvgIpc) is 1.37. The molecule has 0 N–H and O–H groups in total. The van der Waals surface area contributed by atoms with Crippen molar-refractivity contribution in [3.63, 3.8) is 0 Å². The predicted molar refractivity (Wildman–Crippen MR) is 20.9 cm³/mol. The Bertz CT molecular complexity index is 10.8. The Hall–Kier alpha value is 1.49. The van der Waals surface area contributed by atoms with Gasteiger partial charge in [0.25, 0.3) is 0 Å². The first-order valence-corrected chi connectivity index (χ1v) is 2.43. The maximum absolute atomic E-state index is 2.66. The monoisotopic (exact) mass is 228 g/mol. The van der Waals surface area contributed by atoms with Gasteiger partial charge in [0.05, 0.1) is 0 Å². The average molecular weight is 230 g/mol. The summed E-state index contributed by atoms with van der Waals surface area (Å²) < 4.78 is 0. The Labute approximate surface area is 68.7 Å². The first-order chi connectivity index (χ1) is 1.91. The van der Waals surface area contributed by atoms with Crippen molar-refractivity contribution in [2.75, 3.05) is 0 Å². The van der Waals surface area contributed by atoms with Crippen LogP contribution in [0.25, 0.3) is 0 Å². The van der Waals surface area contributed by atoms with Gasteiger partial charge in [-0.25, -0.2) is 0 Å². The molecule has 0 nitrogen and oxygen atoms in total. The summed E-state index contributed by atoms with van der Waals surface area (Å²) in [4.78, 5) is 0. The molecule has 0 aliphatic heterocycles. The Morgan fingerprint density at radius 3 is 1.50 bits per heavy atom. The zero-order valence-electron chi connectivity index (χ0n) is 3.75. The van der Waals surface area contributed by atoms with Crippen LogP contribution in [-0.2, 0) is 0 Å². The molecule has 0 aromatic heterocycles. The molecule has 0 radical (unpaired) electrons. The molecule has 0 rings (SSSR count). The van der Waals surface area contributed by atoms with Crippen LogP contribution < -0.4 is 34.0 Å². The third kappa shape index (κ3) is 17.8. The molecule has 0 bridgehead atoms. The summed E-state index contributed by atoms with van der Waals surface area (Å²) >= 11 is 2.66.